The summed E-state index contributed by atoms with van der Waals surface area (Å²) in [5, 5.41) is 10.5. The van der Waals surface area contributed by atoms with Crippen molar-refractivity contribution in [2.45, 2.75) is 13.1 Å². The number of halogens is 3. The minimum atomic E-state index is -4.59. The molecule has 3 N–H and O–H groups in total. The molecule has 0 bridgehead atoms. The van der Waals surface area contributed by atoms with Crippen LogP contribution < -0.4 is 10.6 Å². The lowest BCUT2D eigenvalue weighted by Gasteiger charge is -2.22. The van der Waals surface area contributed by atoms with E-state index < -0.39 is 17.8 Å². The maximum atomic E-state index is 13.1. The largest absolute Gasteiger partial charge is 0.464 e. The fraction of sp³-hybridized carbons (Fsp3) is 0.0870. The van der Waals surface area contributed by atoms with E-state index in [1.54, 1.807) is 30.5 Å². The molecule has 0 saturated heterocycles. The minimum absolute atomic E-state index is 0.107. The summed E-state index contributed by atoms with van der Waals surface area (Å²) in [4.78, 5) is 21.0. The first-order valence-corrected chi connectivity index (χ1v) is 9.47. The molecule has 162 valence electrons. The fourth-order valence-electron chi connectivity index (χ4n) is 3.47. The predicted octanol–water partition coefficient (Wildman–Crippen LogP) is 6.02. The Balaban J connectivity index is 1.82. The van der Waals surface area contributed by atoms with Gasteiger partial charge >= 0.3 is 12.3 Å². The van der Waals surface area contributed by atoms with Crippen LogP contribution in [0.25, 0.3) is 22.0 Å². The Morgan fingerprint density at radius 1 is 1.03 bits per heavy atom. The Labute approximate surface area is 180 Å². The summed E-state index contributed by atoms with van der Waals surface area (Å²) in [6, 6.07) is 14.5. The van der Waals surface area contributed by atoms with Crippen molar-refractivity contribution in [3.8, 4) is 11.1 Å². The number of amides is 1. The van der Waals surface area contributed by atoms with Gasteiger partial charge in [-0.1, -0.05) is 18.2 Å². The lowest BCUT2D eigenvalue weighted by molar-refractivity contribution is -0.137. The number of carboxylic acid groups (broad SMARTS) is 1. The highest BCUT2D eigenvalue weighted by Gasteiger charge is 2.31. The fourth-order valence-corrected chi connectivity index (χ4v) is 3.47. The van der Waals surface area contributed by atoms with E-state index in [1.165, 1.54) is 12.1 Å². The Kier molecular flexibility index (Phi) is 5.17. The summed E-state index contributed by atoms with van der Waals surface area (Å²) in [6.07, 6.45) is -4.40. The van der Waals surface area contributed by atoms with Gasteiger partial charge in [0.1, 0.15) is 0 Å². The Morgan fingerprint density at radius 2 is 1.78 bits per heavy atom. The van der Waals surface area contributed by atoms with Gasteiger partial charge in [-0.25, -0.2) is 19.7 Å². The molecule has 32 heavy (non-hydrogen) atoms. The van der Waals surface area contributed by atoms with E-state index in [0.717, 1.165) is 39.1 Å². The Morgan fingerprint density at radius 3 is 2.50 bits per heavy atom. The zero-order valence-electron chi connectivity index (χ0n) is 16.8. The maximum absolute atomic E-state index is 13.1. The van der Waals surface area contributed by atoms with Gasteiger partial charge in [-0.2, -0.15) is 13.2 Å². The number of hydrogen-bond acceptors (Lipinski definition) is 4. The van der Waals surface area contributed by atoms with E-state index in [2.05, 4.69) is 9.97 Å². The molecule has 0 saturated carbocycles. The first-order valence-electron chi connectivity index (χ1n) is 9.47. The van der Waals surface area contributed by atoms with Gasteiger partial charge in [0.05, 0.1) is 22.5 Å². The van der Waals surface area contributed by atoms with Crippen molar-refractivity contribution in [2.24, 2.45) is 0 Å². The van der Waals surface area contributed by atoms with Crippen LogP contribution in [0, 0.1) is 6.92 Å². The normalized spacial score (nSPS) is 11.5. The summed E-state index contributed by atoms with van der Waals surface area (Å²) in [6.45, 7) is 1.86. The first kappa shape index (κ1) is 21.1. The van der Waals surface area contributed by atoms with Crippen molar-refractivity contribution >= 4 is 34.3 Å². The average Bonchev–Trinajstić information content (AvgIpc) is 2.74. The highest BCUT2D eigenvalue weighted by molar-refractivity contribution is 5.96. The third-order valence-electron chi connectivity index (χ3n) is 5.01. The third-order valence-corrected chi connectivity index (χ3v) is 5.01. The molecule has 4 rings (SSSR count). The van der Waals surface area contributed by atoms with E-state index in [-0.39, 0.29) is 17.3 Å². The number of aryl methyl sites for hydroxylation is 1. The summed E-state index contributed by atoms with van der Waals surface area (Å²) < 4.78 is 39.4. The number of nitrogens with zero attached hydrogens (tertiary/aromatic N) is 3. The minimum Gasteiger partial charge on any atom is -0.464 e. The van der Waals surface area contributed by atoms with E-state index in [0.29, 0.717) is 5.52 Å². The topological polar surface area (TPSA) is 92.3 Å². The number of benzene rings is 3. The standard InChI is InChI=1S/C23H17F3N4O2/c1-13-5-7-18(30(22(31)32)17-4-2-3-16(10-17)23(24,25)26)11-19(13)14-6-8-20-15(9-14)12-28-21(27)29-20/h2-12H,1H3,(H,31,32)(H2,27,28,29). The van der Waals surface area contributed by atoms with Gasteiger partial charge in [0.25, 0.3) is 0 Å². The number of alkyl halides is 3. The lowest BCUT2D eigenvalue weighted by Crippen LogP contribution is -2.24. The third kappa shape index (κ3) is 4.04. The molecule has 1 aromatic heterocycles. The number of carbonyl (C=O) groups is 1. The molecule has 1 amide bonds. The van der Waals surface area contributed by atoms with Crippen molar-refractivity contribution in [1.82, 2.24) is 9.97 Å². The van der Waals surface area contributed by atoms with Crippen LogP contribution in [0.15, 0.2) is 66.9 Å². The van der Waals surface area contributed by atoms with Crippen LogP contribution in [0.2, 0.25) is 0 Å². The van der Waals surface area contributed by atoms with Crippen LogP contribution in [0.1, 0.15) is 11.1 Å². The highest BCUT2D eigenvalue weighted by atomic mass is 19.4. The van der Waals surface area contributed by atoms with Crippen LogP contribution in [-0.2, 0) is 6.18 Å². The molecular formula is C23H17F3N4O2. The molecule has 4 aromatic rings. The summed E-state index contributed by atoms with van der Waals surface area (Å²) >= 11 is 0. The van der Waals surface area contributed by atoms with Crippen molar-refractivity contribution in [2.75, 3.05) is 10.6 Å². The van der Waals surface area contributed by atoms with Gasteiger partial charge in [0, 0.05) is 11.6 Å². The Bertz CT molecular complexity index is 1340. The number of hydrogen-bond donors (Lipinski definition) is 2. The van der Waals surface area contributed by atoms with Crippen LogP contribution in [0.3, 0.4) is 0 Å². The molecule has 0 unspecified atom stereocenters. The van der Waals surface area contributed by atoms with Gasteiger partial charge < -0.3 is 10.8 Å². The summed E-state index contributed by atoms with van der Waals surface area (Å²) in [5.41, 5.74) is 7.81. The molecule has 0 aliphatic heterocycles. The molecule has 0 radical (unpaired) electrons. The second-order valence-electron chi connectivity index (χ2n) is 7.17. The summed E-state index contributed by atoms with van der Waals surface area (Å²) in [7, 11) is 0. The van der Waals surface area contributed by atoms with Gasteiger partial charge in [0.2, 0.25) is 5.95 Å². The van der Waals surface area contributed by atoms with Crippen LogP contribution in [-0.4, -0.2) is 21.2 Å². The van der Waals surface area contributed by atoms with Gasteiger partial charge in [-0.05, 0) is 66.1 Å². The zero-order valence-corrected chi connectivity index (χ0v) is 16.8. The smallest absolute Gasteiger partial charge is 0.416 e. The number of anilines is 3. The SMILES string of the molecule is Cc1ccc(N(C(=O)O)c2cccc(C(F)(F)F)c2)cc1-c1ccc2nc(N)ncc2c1. The molecule has 0 atom stereocenters. The monoisotopic (exact) mass is 438 g/mol. The number of nitrogens with two attached hydrogens (primary N) is 1. The molecular weight excluding hydrogens is 421 g/mol. The molecule has 3 aromatic carbocycles. The molecule has 0 spiro atoms. The van der Waals surface area contributed by atoms with Crippen LogP contribution >= 0.6 is 0 Å². The molecule has 9 heteroatoms. The van der Waals surface area contributed by atoms with E-state index in [1.807, 2.05) is 19.1 Å². The van der Waals surface area contributed by atoms with Crippen molar-refractivity contribution in [1.29, 1.82) is 0 Å². The number of rotatable bonds is 3. The molecule has 0 aliphatic carbocycles. The zero-order chi connectivity index (χ0) is 23.0. The highest BCUT2D eigenvalue weighted by Crippen LogP contribution is 2.36. The predicted molar refractivity (Wildman–Crippen MR) is 116 cm³/mol. The second kappa shape index (κ2) is 7.84. The van der Waals surface area contributed by atoms with E-state index in [4.69, 9.17) is 5.73 Å². The van der Waals surface area contributed by atoms with Gasteiger partial charge in [-0.3, -0.25) is 0 Å². The van der Waals surface area contributed by atoms with E-state index in [9.17, 15) is 23.1 Å². The lowest BCUT2D eigenvalue weighted by atomic mass is 9.98. The number of aromatic nitrogens is 2. The van der Waals surface area contributed by atoms with Crippen molar-refractivity contribution < 1.29 is 23.1 Å². The molecule has 0 aliphatic rings. The van der Waals surface area contributed by atoms with Crippen LogP contribution in [0.4, 0.5) is 35.3 Å². The van der Waals surface area contributed by atoms with Crippen molar-refractivity contribution in [3.05, 3.63) is 78.0 Å². The number of fused-ring (bicyclic) bond motifs is 1. The van der Waals surface area contributed by atoms with Gasteiger partial charge in [0.15, 0.2) is 0 Å². The second-order valence-corrected chi connectivity index (χ2v) is 7.17. The first-order chi connectivity index (χ1) is 15.1. The molecule has 6 nitrogen and oxygen atoms in total. The van der Waals surface area contributed by atoms with Crippen molar-refractivity contribution in [3.63, 3.8) is 0 Å². The van der Waals surface area contributed by atoms with E-state index >= 15 is 0 Å². The average molecular weight is 438 g/mol. The van der Waals surface area contributed by atoms with Crippen LogP contribution in [0.5, 0.6) is 0 Å². The summed E-state index contributed by atoms with van der Waals surface area (Å²) in [5.74, 6) is 0.154. The van der Waals surface area contributed by atoms with Gasteiger partial charge in [-0.15, -0.1) is 0 Å². The molecule has 0 fully saturated rings. The molecule has 1 heterocycles. The quantitative estimate of drug-likeness (QED) is 0.408. The Hall–Kier alpha value is -4.14. The maximum Gasteiger partial charge on any atom is 0.416 e. The number of nitrogen functional groups attached to an aromatic ring is 1.